The lowest BCUT2D eigenvalue weighted by molar-refractivity contribution is 0.434. The van der Waals surface area contributed by atoms with Gasteiger partial charge in [-0.25, -0.2) is 9.18 Å². The fourth-order valence-corrected chi connectivity index (χ4v) is 4.96. The third kappa shape index (κ3) is 4.14. The second kappa shape index (κ2) is 8.99. The Morgan fingerprint density at radius 2 is 1.94 bits per heavy atom. The molecule has 0 spiro atoms. The molecule has 33 heavy (non-hydrogen) atoms. The number of benzene rings is 2. The summed E-state index contributed by atoms with van der Waals surface area (Å²) in [5, 5.41) is 8.50. The number of rotatable bonds is 8. The van der Waals surface area contributed by atoms with Crippen LogP contribution >= 0.6 is 11.8 Å². The fourth-order valence-electron chi connectivity index (χ4n) is 4.30. The summed E-state index contributed by atoms with van der Waals surface area (Å²) in [5.41, 5.74) is 1.72. The van der Waals surface area contributed by atoms with Gasteiger partial charge in [0.05, 0.1) is 17.2 Å². The van der Waals surface area contributed by atoms with Gasteiger partial charge in [0, 0.05) is 29.5 Å². The first-order valence-electron chi connectivity index (χ1n) is 10.9. The van der Waals surface area contributed by atoms with Crippen molar-refractivity contribution in [3.63, 3.8) is 0 Å². The highest BCUT2D eigenvalue weighted by molar-refractivity contribution is 7.99. The van der Waals surface area contributed by atoms with E-state index in [2.05, 4.69) is 17.3 Å². The average Bonchev–Trinajstić information content (AvgIpc) is 3.38. The lowest BCUT2D eigenvalue weighted by Crippen LogP contribution is -2.26. The molecule has 4 aromatic rings. The van der Waals surface area contributed by atoms with Gasteiger partial charge in [0.2, 0.25) is 5.89 Å². The van der Waals surface area contributed by atoms with Crippen LogP contribution in [-0.4, -0.2) is 26.6 Å². The normalized spacial score (nSPS) is 14.9. The first-order valence-corrected chi connectivity index (χ1v) is 11.9. The molecule has 1 N–H and O–H groups in total. The summed E-state index contributed by atoms with van der Waals surface area (Å²) >= 11 is 1.73. The van der Waals surface area contributed by atoms with Gasteiger partial charge in [0.15, 0.2) is 0 Å². The van der Waals surface area contributed by atoms with E-state index in [0.717, 1.165) is 16.0 Å². The molecule has 2 aromatic heterocycles. The summed E-state index contributed by atoms with van der Waals surface area (Å²) < 4.78 is 22.8. The van der Waals surface area contributed by atoms with E-state index >= 15 is 0 Å². The fraction of sp³-hybridized carbons (Fsp3) is 0.292. The van der Waals surface area contributed by atoms with Crippen LogP contribution in [0.25, 0.3) is 16.6 Å². The zero-order chi connectivity index (χ0) is 22.9. The predicted octanol–water partition coefficient (Wildman–Crippen LogP) is 3.67. The number of nitrogens with zero attached hydrogens (tertiary/aromatic N) is 3. The summed E-state index contributed by atoms with van der Waals surface area (Å²) in [6, 6.07) is 13.7. The Bertz CT molecular complexity index is 1420. The largest absolute Gasteiger partial charge is 0.441 e. The maximum atomic E-state index is 14.6. The molecule has 0 saturated heterocycles. The number of nitrogens with one attached hydrogen (secondary N) is 1. The average molecular weight is 467 g/mol. The molecule has 0 fully saturated rings. The number of thioether (sulfide) groups is 1. The summed E-state index contributed by atoms with van der Waals surface area (Å²) in [6.07, 6.45) is 1.11. The summed E-state index contributed by atoms with van der Waals surface area (Å²) in [6.45, 7) is 3.04. The predicted molar refractivity (Wildman–Crippen MR) is 126 cm³/mol. The molecule has 2 aromatic carbocycles. The van der Waals surface area contributed by atoms with E-state index in [1.807, 2.05) is 24.3 Å². The topological polar surface area (TPSA) is 82.1 Å². The number of hydrogen-bond donors (Lipinski definition) is 1. The highest BCUT2D eigenvalue weighted by atomic mass is 32.2. The Hall–Kier alpha value is -3.17. The first-order chi connectivity index (χ1) is 16.0. The highest BCUT2D eigenvalue weighted by Crippen LogP contribution is 2.33. The number of pyridine rings is 1. The maximum Gasteiger partial charge on any atom is 0.441 e. The molecule has 0 radical (unpaired) electrons. The molecule has 9 heteroatoms. The summed E-state index contributed by atoms with van der Waals surface area (Å²) in [7, 11) is 0. The van der Waals surface area contributed by atoms with Crippen LogP contribution in [0, 0.1) is 5.82 Å². The van der Waals surface area contributed by atoms with Gasteiger partial charge >= 0.3 is 5.76 Å². The Kier molecular flexibility index (Phi) is 5.90. The van der Waals surface area contributed by atoms with Crippen LogP contribution in [0.4, 0.5) is 4.39 Å². The summed E-state index contributed by atoms with van der Waals surface area (Å²) in [4.78, 5) is 25.6. The maximum absolute atomic E-state index is 14.6. The quantitative estimate of drug-likeness (QED) is 0.315. The van der Waals surface area contributed by atoms with E-state index in [4.69, 9.17) is 4.42 Å². The molecule has 3 heterocycles. The number of hydrogen-bond acceptors (Lipinski definition) is 6. The zero-order valence-corrected chi connectivity index (χ0v) is 18.9. The van der Waals surface area contributed by atoms with Crippen LogP contribution in [-0.2, 0) is 13.0 Å². The van der Waals surface area contributed by atoms with Crippen LogP contribution in [0.15, 0.2) is 67.4 Å². The van der Waals surface area contributed by atoms with Gasteiger partial charge in [0.25, 0.3) is 5.56 Å². The van der Waals surface area contributed by atoms with Gasteiger partial charge in [-0.15, -0.1) is 16.9 Å². The van der Waals surface area contributed by atoms with Crippen molar-refractivity contribution in [2.75, 3.05) is 12.3 Å². The van der Waals surface area contributed by atoms with E-state index < -0.39 is 5.76 Å². The minimum Gasteiger partial charge on any atom is -0.392 e. The van der Waals surface area contributed by atoms with E-state index in [-0.39, 0.29) is 17.4 Å². The van der Waals surface area contributed by atoms with E-state index in [1.165, 1.54) is 16.8 Å². The molecule has 0 aliphatic carbocycles. The number of aromatic nitrogens is 3. The van der Waals surface area contributed by atoms with Crippen molar-refractivity contribution in [2.24, 2.45) is 0 Å². The zero-order valence-electron chi connectivity index (χ0n) is 18.1. The molecule has 0 saturated carbocycles. The molecule has 1 aliphatic rings. The molecular formula is C24H23FN4O3S. The Balaban J connectivity index is 1.23. The van der Waals surface area contributed by atoms with Crippen molar-refractivity contribution in [1.82, 2.24) is 19.7 Å². The van der Waals surface area contributed by atoms with Crippen LogP contribution in [0.5, 0.6) is 0 Å². The van der Waals surface area contributed by atoms with Crippen LogP contribution in [0.1, 0.15) is 30.8 Å². The van der Waals surface area contributed by atoms with E-state index in [0.29, 0.717) is 48.6 Å². The molecule has 0 bridgehead atoms. The molecule has 0 unspecified atom stereocenters. The second-order valence-corrected chi connectivity index (χ2v) is 9.23. The highest BCUT2D eigenvalue weighted by Gasteiger charge is 2.28. The van der Waals surface area contributed by atoms with Gasteiger partial charge in [-0.05, 0) is 66.6 Å². The van der Waals surface area contributed by atoms with Gasteiger partial charge < -0.3 is 14.3 Å². The molecule has 7 nitrogen and oxygen atoms in total. The Labute approximate surface area is 193 Å². The van der Waals surface area contributed by atoms with Crippen molar-refractivity contribution < 1.29 is 8.81 Å². The van der Waals surface area contributed by atoms with Crippen molar-refractivity contribution in [1.29, 1.82) is 0 Å². The standard InChI is InChI=1S/C24H23FN4O3S/c1-2-33-17-9-7-16(8-10-17)29-24(31)32-20(27-29)4-3-13-26-19-14-28-21(30)12-6-15-5-11-18(25)22(19)23(15)28/h5-12,19,26H,2-4,13-14H2,1H3/t19-/m1/s1. The number of halogens is 1. The smallest absolute Gasteiger partial charge is 0.392 e. The van der Waals surface area contributed by atoms with E-state index in [1.54, 1.807) is 28.5 Å². The van der Waals surface area contributed by atoms with Gasteiger partial charge in [-0.3, -0.25) is 4.79 Å². The molecule has 0 amide bonds. The minimum absolute atomic E-state index is 0.132. The minimum atomic E-state index is -0.520. The molecule has 1 atom stereocenters. The van der Waals surface area contributed by atoms with Crippen LogP contribution < -0.4 is 16.6 Å². The lowest BCUT2D eigenvalue weighted by atomic mass is 10.1. The monoisotopic (exact) mass is 466 g/mol. The van der Waals surface area contributed by atoms with Crippen LogP contribution in [0.3, 0.4) is 0 Å². The third-order valence-corrected chi connectivity index (χ3v) is 6.68. The van der Waals surface area contributed by atoms with Crippen molar-refractivity contribution >= 4 is 22.7 Å². The van der Waals surface area contributed by atoms with Crippen molar-refractivity contribution in [3.05, 3.63) is 86.7 Å². The van der Waals surface area contributed by atoms with E-state index in [9.17, 15) is 14.0 Å². The molecule has 5 rings (SSSR count). The van der Waals surface area contributed by atoms with Gasteiger partial charge in [-0.2, -0.15) is 4.68 Å². The molecule has 1 aliphatic heterocycles. The van der Waals surface area contributed by atoms with Gasteiger partial charge in [0.1, 0.15) is 5.82 Å². The number of aryl methyl sites for hydroxylation is 1. The van der Waals surface area contributed by atoms with Crippen LogP contribution in [0.2, 0.25) is 0 Å². The van der Waals surface area contributed by atoms with Gasteiger partial charge in [-0.1, -0.05) is 6.92 Å². The SMILES string of the molecule is CCSc1ccc(-n2nc(CCCN[C@@H]3Cn4c(=O)ccc5ccc(F)c3c54)oc2=O)cc1. The third-order valence-electron chi connectivity index (χ3n) is 5.79. The Morgan fingerprint density at radius 1 is 1.15 bits per heavy atom. The summed E-state index contributed by atoms with van der Waals surface area (Å²) in [5.74, 6) is 0.499. The van der Waals surface area contributed by atoms with Crippen molar-refractivity contribution in [3.8, 4) is 5.69 Å². The molecule has 170 valence electrons. The lowest BCUT2D eigenvalue weighted by Gasteiger charge is -2.13. The van der Waals surface area contributed by atoms with Crippen molar-refractivity contribution in [2.45, 2.75) is 37.2 Å². The second-order valence-electron chi connectivity index (χ2n) is 7.89. The first kappa shape index (κ1) is 21.7. The Morgan fingerprint density at radius 3 is 2.73 bits per heavy atom. The molecular weight excluding hydrogens is 443 g/mol.